The largest absolute Gasteiger partial charge is 0.441 e. The van der Waals surface area contributed by atoms with Crippen LogP contribution in [0.25, 0.3) is 10.4 Å². The summed E-state index contributed by atoms with van der Waals surface area (Å²) in [6.07, 6.45) is 4.86. The first kappa shape index (κ1) is 23.8. The lowest BCUT2D eigenvalue weighted by Gasteiger charge is -2.30. The minimum Gasteiger partial charge on any atom is -0.441 e. The smallest absolute Gasteiger partial charge is 0.407 e. The molecule has 11 heteroatoms. The number of nitrogens with one attached hydrogen (secondary N) is 2. The maximum Gasteiger partial charge on any atom is 0.407 e. The van der Waals surface area contributed by atoms with Gasteiger partial charge >= 0.3 is 6.09 Å². The number of nitrogens with two attached hydrogens (primary N) is 1. The molecular weight excluding hydrogens is 464 g/mol. The SMILES string of the molecule is CCNS(=O)c1cc(C(N)=O)ccc1-c1cnc(C2CCC(NC(=O)OC3COC3)CC2)s1. The summed E-state index contributed by atoms with van der Waals surface area (Å²) in [7, 11) is -1.47. The summed E-state index contributed by atoms with van der Waals surface area (Å²) in [6, 6.07) is 5.11. The van der Waals surface area contributed by atoms with Crippen LogP contribution in [0.5, 0.6) is 0 Å². The second kappa shape index (κ2) is 10.7. The number of aromatic nitrogens is 1. The van der Waals surface area contributed by atoms with E-state index in [0.29, 0.717) is 36.1 Å². The fourth-order valence-corrected chi connectivity index (χ4v) is 6.18. The number of benzene rings is 1. The van der Waals surface area contributed by atoms with Gasteiger partial charge in [-0.05, 0) is 37.8 Å². The van der Waals surface area contributed by atoms with Gasteiger partial charge in [0.1, 0.15) is 11.0 Å². The average Bonchev–Trinajstić information content (AvgIpc) is 3.26. The lowest BCUT2D eigenvalue weighted by molar-refractivity contribution is -0.0985. The van der Waals surface area contributed by atoms with Crippen LogP contribution >= 0.6 is 11.3 Å². The Morgan fingerprint density at radius 1 is 1.27 bits per heavy atom. The predicted octanol–water partition coefficient (Wildman–Crippen LogP) is 2.69. The molecule has 1 aromatic carbocycles. The molecule has 2 heterocycles. The fraction of sp³-hybridized carbons (Fsp3) is 0.500. The number of carbonyl (C=O) groups is 2. The number of alkyl carbamates (subject to hydrolysis) is 1. The Balaban J connectivity index is 1.41. The van der Waals surface area contributed by atoms with Crippen LogP contribution in [0, 0.1) is 0 Å². The topological polar surface area (TPSA) is 133 Å². The monoisotopic (exact) mass is 492 g/mol. The van der Waals surface area contributed by atoms with Crippen molar-refractivity contribution in [1.82, 2.24) is 15.0 Å². The second-order valence-electron chi connectivity index (χ2n) is 8.16. The van der Waals surface area contributed by atoms with E-state index in [1.165, 1.54) is 0 Å². The molecule has 0 bridgehead atoms. The van der Waals surface area contributed by atoms with Crippen LogP contribution in [0.1, 0.15) is 53.9 Å². The molecule has 0 radical (unpaired) electrons. The molecule has 1 unspecified atom stereocenters. The Morgan fingerprint density at radius 3 is 2.67 bits per heavy atom. The van der Waals surface area contributed by atoms with Crippen LogP contribution in [-0.2, 0) is 20.5 Å². The molecular formula is C22H28N4O5S2. The molecule has 1 aliphatic heterocycles. The molecule has 2 amide bonds. The van der Waals surface area contributed by atoms with Gasteiger partial charge in [-0.1, -0.05) is 13.0 Å². The molecule has 2 fully saturated rings. The highest BCUT2D eigenvalue weighted by atomic mass is 32.2. The quantitative estimate of drug-likeness (QED) is 0.519. The molecule has 9 nitrogen and oxygen atoms in total. The van der Waals surface area contributed by atoms with Gasteiger partial charge in [0, 0.05) is 35.8 Å². The van der Waals surface area contributed by atoms with Gasteiger partial charge < -0.3 is 20.5 Å². The number of thiazole rings is 1. The van der Waals surface area contributed by atoms with E-state index < -0.39 is 16.9 Å². The molecule has 1 saturated carbocycles. The number of ether oxygens (including phenoxy) is 2. The number of hydrogen-bond acceptors (Lipinski definition) is 7. The van der Waals surface area contributed by atoms with Crippen molar-refractivity contribution in [2.75, 3.05) is 19.8 Å². The summed E-state index contributed by atoms with van der Waals surface area (Å²) in [5.41, 5.74) is 6.51. The van der Waals surface area contributed by atoms with Gasteiger partial charge in [0.15, 0.2) is 6.10 Å². The van der Waals surface area contributed by atoms with Gasteiger partial charge in [0.25, 0.3) is 0 Å². The Labute approximate surface area is 199 Å². The number of hydrogen-bond donors (Lipinski definition) is 3. The van der Waals surface area contributed by atoms with Crippen molar-refractivity contribution in [3.05, 3.63) is 35.0 Å². The standard InChI is InChI=1S/C22H28N4O5S2/c1-2-25-33(29)19-9-14(20(23)27)5-8-17(19)18-10-24-21(32-18)13-3-6-15(7-4-13)26-22(28)31-16-11-30-12-16/h5,8-10,13,15-16,25H,2-4,6-7,11-12H2,1H3,(H2,23,27)(H,26,28). The number of amides is 2. The molecule has 33 heavy (non-hydrogen) atoms. The number of rotatable bonds is 8. The first-order valence-corrected chi connectivity index (χ1v) is 13.0. The van der Waals surface area contributed by atoms with Gasteiger partial charge in [-0.15, -0.1) is 11.3 Å². The van der Waals surface area contributed by atoms with E-state index in [-0.39, 0.29) is 18.2 Å². The normalized spacial score (nSPS) is 21.7. The van der Waals surface area contributed by atoms with E-state index in [0.717, 1.165) is 41.1 Å². The van der Waals surface area contributed by atoms with E-state index in [2.05, 4.69) is 15.0 Å². The Morgan fingerprint density at radius 2 is 2.03 bits per heavy atom. The Bertz CT molecular complexity index is 1030. The van der Waals surface area contributed by atoms with Crippen molar-refractivity contribution in [2.24, 2.45) is 5.73 Å². The first-order valence-electron chi connectivity index (χ1n) is 11.0. The zero-order valence-electron chi connectivity index (χ0n) is 18.4. The molecule has 0 spiro atoms. The minimum absolute atomic E-state index is 0.102. The molecule has 4 N–H and O–H groups in total. The van der Waals surface area contributed by atoms with Gasteiger partial charge in [0.05, 0.1) is 28.0 Å². The van der Waals surface area contributed by atoms with Crippen molar-refractivity contribution in [3.8, 4) is 10.4 Å². The molecule has 2 aromatic rings. The van der Waals surface area contributed by atoms with Gasteiger partial charge in [0.2, 0.25) is 5.91 Å². The van der Waals surface area contributed by atoms with E-state index in [4.69, 9.17) is 15.2 Å². The van der Waals surface area contributed by atoms with Crippen LogP contribution in [0.15, 0.2) is 29.3 Å². The molecule has 1 saturated heterocycles. The Hall–Kier alpha value is -2.34. The Kier molecular flexibility index (Phi) is 7.74. The number of primary amides is 1. The van der Waals surface area contributed by atoms with Crippen molar-refractivity contribution < 1.29 is 23.3 Å². The third kappa shape index (κ3) is 5.78. The average molecular weight is 493 g/mol. The fourth-order valence-electron chi connectivity index (χ4n) is 3.96. The van der Waals surface area contributed by atoms with Crippen LogP contribution in [0.4, 0.5) is 4.79 Å². The molecule has 1 atom stereocenters. The second-order valence-corrected chi connectivity index (χ2v) is 10.5. The highest BCUT2D eigenvalue weighted by Gasteiger charge is 2.28. The summed E-state index contributed by atoms with van der Waals surface area (Å²) < 4.78 is 25.9. The highest BCUT2D eigenvalue weighted by Crippen LogP contribution is 2.39. The maximum absolute atomic E-state index is 12.7. The van der Waals surface area contributed by atoms with E-state index in [1.807, 2.05) is 6.92 Å². The summed E-state index contributed by atoms with van der Waals surface area (Å²) in [5.74, 6) is -0.248. The highest BCUT2D eigenvalue weighted by molar-refractivity contribution is 7.83. The molecule has 1 aliphatic carbocycles. The first-order chi connectivity index (χ1) is 15.9. The zero-order chi connectivity index (χ0) is 23.4. The minimum atomic E-state index is -1.47. The maximum atomic E-state index is 12.7. The van der Waals surface area contributed by atoms with Gasteiger partial charge in [-0.2, -0.15) is 0 Å². The van der Waals surface area contributed by atoms with Crippen molar-refractivity contribution >= 4 is 34.3 Å². The van der Waals surface area contributed by atoms with Crippen molar-refractivity contribution in [2.45, 2.75) is 55.6 Å². The lowest BCUT2D eigenvalue weighted by atomic mass is 9.86. The lowest BCUT2D eigenvalue weighted by Crippen LogP contribution is -2.44. The third-order valence-corrected chi connectivity index (χ3v) is 8.29. The summed E-state index contributed by atoms with van der Waals surface area (Å²) >= 11 is 1.58. The zero-order valence-corrected chi connectivity index (χ0v) is 20.0. The van der Waals surface area contributed by atoms with E-state index >= 15 is 0 Å². The van der Waals surface area contributed by atoms with Gasteiger partial charge in [-0.25, -0.2) is 18.7 Å². The van der Waals surface area contributed by atoms with Crippen LogP contribution < -0.4 is 15.8 Å². The summed E-state index contributed by atoms with van der Waals surface area (Å²) in [4.78, 5) is 29.6. The molecule has 178 valence electrons. The van der Waals surface area contributed by atoms with Crippen LogP contribution in [0.2, 0.25) is 0 Å². The molecule has 1 aromatic heterocycles. The van der Waals surface area contributed by atoms with E-state index in [9.17, 15) is 13.8 Å². The third-order valence-electron chi connectivity index (χ3n) is 5.81. The number of nitrogens with zero attached hydrogens (tertiary/aromatic N) is 1. The number of carbonyl (C=O) groups excluding carboxylic acids is 2. The van der Waals surface area contributed by atoms with Gasteiger partial charge in [-0.3, -0.25) is 4.79 Å². The predicted molar refractivity (Wildman–Crippen MR) is 125 cm³/mol. The molecule has 4 rings (SSSR count). The van der Waals surface area contributed by atoms with Crippen molar-refractivity contribution in [1.29, 1.82) is 0 Å². The van der Waals surface area contributed by atoms with E-state index in [1.54, 1.807) is 35.7 Å². The summed E-state index contributed by atoms with van der Waals surface area (Å²) in [6.45, 7) is 3.34. The van der Waals surface area contributed by atoms with Crippen LogP contribution in [-0.4, -0.2) is 53.1 Å². The van der Waals surface area contributed by atoms with Crippen molar-refractivity contribution in [3.63, 3.8) is 0 Å². The summed E-state index contributed by atoms with van der Waals surface area (Å²) in [5, 5.41) is 3.98. The van der Waals surface area contributed by atoms with Crippen LogP contribution in [0.3, 0.4) is 0 Å². The molecule has 2 aliphatic rings.